The van der Waals surface area contributed by atoms with Crippen LogP contribution in [0.2, 0.25) is 0 Å². The summed E-state index contributed by atoms with van der Waals surface area (Å²) in [7, 11) is -0.749. The van der Waals surface area contributed by atoms with Crippen molar-refractivity contribution in [3.8, 4) is 0 Å². The summed E-state index contributed by atoms with van der Waals surface area (Å²) in [5.41, 5.74) is 1.41. The number of rotatable bonds is 6. The van der Waals surface area contributed by atoms with Gasteiger partial charge in [-0.25, -0.2) is 0 Å². The van der Waals surface area contributed by atoms with E-state index < -0.39 is 10.8 Å². The predicted molar refractivity (Wildman–Crippen MR) is 92.2 cm³/mol. The average Bonchev–Trinajstić information content (AvgIpc) is 2.52. The molecule has 1 fully saturated rings. The molecule has 1 aliphatic carbocycles. The van der Waals surface area contributed by atoms with Crippen molar-refractivity contribution < 1.29 is 4.21 Å². The van der Waals surface area contributed by atoms with E-state index in [0.717, 1.165) is 25.8 Å². The van der Waals surface area contributed by atoms with Crippen LogP contribution in [-0.4, -0.2) is 27.3 Å². The SMILES string of the molecule is CCCNC1CCC(c2ccccc2)CC1S(=O)C(C)C. The van der Waals surface area contributed by atoms with E-state index in [-0.39, 0.29) is 10.5 Å². The first-order valence-electron chi connectivity index (χ1n) is 8.31. The van der Waals surface area contributed by atoms with Crippen molar-refractivity contribution in [2.75, 3.05) is 6.54 Å². The maximum Gasteiger partial charge on any atom is 0.0509 e. The standard InChI is InChI=1S/C18H29NOS/c1-4-12-19-17-11-10-16(15-8-6-5-7-9-15)13-18(17)21(20)14(2)3/h5-9,14,16-19H,4,10-13H2,1-3H3. The predicted octanol–water partition coefficient (Wildman–Crippen LogP) is 3.85. The molecular formula is C18H29NOS. The minimum atomic E-state index is -0.749. The van der Waals surface area contributed by atoms with Crippen molar-refractivity contribution in [2.45, 2.75) is 68.9 Å². The quantitative estimate of drug-likeness (QED) is 0.865. The van der Waals surface area contributed by atoms with Crippen molar-refractivity contribution in [1.82, 2.24) is 5.32 Å². The third-order valence-corrected chi connectivity index (χ3v) is 6.53. The van der Waals surface area contributed by atoms with Crippen LogP contribution in [0.5, 0.6) is 0 Å². The Hall–Kier alpha value is -0.670. The second-order valence-corrected chi connectivity index (χ2v) is 8.60. The highest BCUT2D eigenvalue weighted by atomic mass is 32.2. The lowest BCUT2D eigenvalue weighted by Gasteiger charge is -2.37. The third-order valence-electron chi connectivity index (χ3n) is 4.48. The maximum absolute atomic E-state index is 12.7. The van der Waals surface area contributed by atoms with Gasteiger partial charge in [0.15, 0.2) is 0 Å². The number of nitrogens with one attached hydrogen (secondary N) is 1. The fourth-order valence-electron chi connectivity index (χ4n) is 3.33. The minimum absolute atomic E-state index is 0.246. The van der Waals surface area contributed by atoms with Crippen LogP contribution in [0.25, 0.3) is 0 Å². The van der Waals surface area contributed by atoms with Gasteiger partial charge in [-0.15, -0.1) is 0 Å². The molecule has 0 radical (unpaired) electrons. The van der Waals surface area contributed by atoms with Gasteiger partial charge in [0.05, 0.1) is 5.25 Å². The largest absolute Gasteiger partial charge is 0.313 e. The summed E-state index contributed by atoms with van der Waals surface area (Å²) in [6, 6.07) is 11.2. The molecule has 0 aromatic heterocycles. The molecule has 0 amide bonds. The van der Waals surface area contributed by atoms with E-state index >= 15 is 0 Å². The van der Waals surface area contributed by atoms with Gasteiger partial charge in [-0.05, 0) is 43.7 Å². The molecule has 0 aliphatic heterocycles. The second kappa shape index (κ2) is 8.09. The highest BCUT2D eigenvalue weighted by Crippen LogP contribution is 2.35. The van der Waals surface area contributed by atoms with Crippen molar-refractivity contribution in [3.05, 3.63) is 35.9 Å². The van der Waals surface area contributed by atoms with Crippen molar-refractivity contribution in [1.29, 1.82) is 0 Å². The van der Waals surface area contributed by atoms with E-state index in [4.69, 9.17) is 0 Å². The van der Waals surface area contributed by atoms with Gasteiger partial charge < -0.3 is 5.32 Å². The fourth-order valence-corrected chi connectivity index (χ4v) is 5.00. The average molecular weight is 308 g/mol. The first-order chi connectivity index (χ1) is 10.1. The molecule has 1 aromatic rings. The molecule has 2 nitrogen and oxygen atoms in total. The molecule has 4 atom stereocenters. The van der Waals surface area contributed by atoms with Gasteiger partial charge in [0, 0.05) is 22.1 Å². The molecule has 0 spiro atoms. The molecule has 118 valence electrons. The molecule has 1 aromatic carbocycles. The Balaban J connectivity index is 2.10. The number of hydrogen-bond acceptors (Lipinski definition) is 2. The normalized spacial score (nSPS) is 27.7. The molecule has 2 rings (SSSR count). The monoisotopic (exact) mass is 307 g/mol. The summed E-state index contributed by atoms with van der Waals surface area (Å²) in [4.78, 5) is 0. The van der Waals surface area contributed by atoms with Gasteiger partial charge >= 0.3 is 0 Å². The fraction of sp³-hybridized carbons (Fsp3) is 0.667. The maximum atomic E-state index is 12.7. The Labute approximate surface area is 132 Å². The van der Waals surface area contributed by atoms with Crippen LogP contribution in [0.1, 0.15) is 57.9 Å². The zero-order chi connectivity index (χ0) is 15.2. The molecule has 4 unspecified atom stereocenters. The van der Waals surface area contributed by atoms with E-state index in [1.165, 1.54) is 12.0 Å². The van der Waals surface area contributed by atoms with Gasteiger partial charge in [0.25, 0.3) is 0 Å². The van der Waals surface area contributed by atoms with Crippen LogP contribution < -0.4 is 5.32 Å². The van der Waals surface area contributed by atoms with Gasteiger partial charge in [0.2, 0.25) is 0 Å². The Kier molecular flexibility index (Phi) is 6.43. The summed E-state index contributed by atoms with van der Waals surface area (Å²) in [6.07, 6.45) is 4.54. The first-order valence-corrected chi connectivity index (χ1v) is 9.58. The molecule has 1 saturated carbocycles. The Morgan fingerprint density at radius 1 is 1.24 bits per heavy atom. The van der Waals surface area contributed by atoms with Gasteiger partial charge in [-0.2, -0.15) is 0 Å². The lowest BCUT2D eigenvalue weighted by Crippen LogP contribution is -2.47. The first kappa shape index (κ1) is 16.7. The third kappa shape index (κ3) is 4.40. The molecule has 0 saturated heterocycles. The van der Waals surface area contributed by atoms with Crippen LogP contribution in [-0.2, 0) is 10.8 Å². The van der Waals surface area contributed by atoms with Gasteiger partial charge in [-0.3, -0.25) is 4.21 Å². The zero-order valence-electron chi connectivity index (χ0n) is 13.5. The zero-order valence-corrected chi connectivity index (χ0v) is 14.4. The van der Waals surface area contributed by atoms with E-state index in [2.05, 4.69) is 56.4 Å². The Morgan fingerprint density at radius 3 is 2.57 bits per heavy atom. The van der Waals surface area contributed by atoms with E-state index in [0.29, 0.717) is 12.0 Å². The van der Waals surface area contributed by atoms with Gasteiger partial charge in [-0.1, -0.05) is 51.1 Å². The van der Waals surface area contributed by atoms with Crippen molar-refractivity contribution in [2.24, 2.45) is 0 Å². The van der Waals surface area contributed by atoms with Crippen molar-refractivity contribution >= 4 is 10.8 Å². The topological polar surface area (TPSA) is 29.1 Å². The lowest BCUT2D eigenvalue weighted by atomic mass is 9.81. The van der Waals surface area contributed by atoms with Gasteiger partial charge in [0.1, 0.15) is 0 Å². The number of hydrogen-bond donors (Lipinski definition) is 1. The van der Waals surface area contributed by atoms with E-state index in [9.17, 15) is 4.21 Å². The van der Waals surface area contributed by atoms with Crippen LogP contribution >= 0.6 is 0 Å². The Bertz CT molecular complexity index is 446. The summed E-state index contributed by atoms with van der Waals surface area (Å²) in [5.74, 6) is 0.568. The van der Waals surface area contributed by atoms with Crippen LogP contribution in [0.15, 0.2) is 30.3 Å². The molecule has 0 bridgehead atoms. The molecule has 1 N–H and O–H groups in total. The van der Waals surface area contributed by atoms with Crippen LogP contribution in [0.4, 0.5) is 0 Å². The molecule has 21 heavy (non-hydrogen) atoms. The lowest BCUT2D eigenvalue weighted by molar-refractivity contribution is 0.348. The molecule has 3 heteroatoms. The second-order valence-electron chi connectivity index (χ2n) is 6.40. The van der Waals surface area contributed by atoms with Crippen molar-refractivity contribution in [3.63, 3.8) is 0 Å². The summed E-state index contributed by atoms with van der Waals surface area (Å²) in [5, 5.41) is 4.17. The molecular weight excluding hydrogens is 278 g/mol. The molecule has 0 heterocycles. The minimum Gasteiger partial charge on any atom is -0.313 e. The van der Waals surface area contributed by atoms with E-state index in [1.54, 1.807) is 0 Å². The van der Waals surface area contributed by atoms with E-state index in [1.807, 2.05) is 0 Å². The van der Waals surface area contributed by atoms with Crippen LogP contribution in [0, 0.1) is 0 Å². The summed E-state index contributed by atoms with van der Waals surface area (Å²) >= 11 is 0. The van der Waals surface area contributed by atoms with Crippen LogP contribution in [0.3, 0.4) is 0 Å². The molecule has 1 aliphatic rings. The summed E-state index contributed by atoms with van der Waals surface area (Å²) < 4.78 is 12.7. The highest BCUT2D eigenvalue weighted by molar-refractivity contribution is 7.86. The number of benzene rings is 1. The smallest absolute Gasteiger partial charge is 0.0509 e. The Morgan fingerprint density at radius 2 is 1.95 bits per heavy atom. The highest BCUT2D eigenvalue weighted by Gasteiger charge is 2.35. The summed E-state index contributed by atoms with van der Waals surface area (Å²) in [6.45, 7) is 7.39.